The molecule has 1 atom stereocenters. The number of fused-ring (bicyclic) bond motifs is 1. The van der Waals surface area contributed by atoms with E-state index < -0.39 is 5.97 Å². The molecule has 26 heavy (non-hydrogen) atoms. The number of carboxylic acid groups (broad SMARTS) is 1. The smallest absolute Gasteiger partial charge is 0.349 e. The Hall–Kier alpha value is -2.57. The summed E-state index contributed by atoms with van der Waals surface area (Å²) in [6.07, 6.45) is 1.80. The van der Waals surface area contributed by atoms with Crippen molar-refractivity contribution in [1.29, 1.82) is 0 Å². The lowest BCUT2D eigenvalue weighted by Gasteiger charge is -2.26. The van der Waals surface area contributed by atoms with Crippen LogP contribution >= 0.6 is 22.9 Å². The van der Waals surface area contributed by atoms with Crippen molar-refractivity contribution in [3.8, 4) is 16.7 Å². The Morgan fingerprint density at radius 3 is 2.81 bits per heavy atom. The van der Waals surface area contributed by atoms with Crippen LogP contribution in [0.15, 0.2) is 48.5 Å². The normalized spacial score (nSPS) is 15.8. The third-order valence-corrected chi connectivity index (χ3v) is 5.42. The van der Waals surface area contributed by atoms with Crippen LogP contribution in [0.1, 0.15) is 33.3 Å². The van der Waals surface area contributed by atoms with Gasteiger partial charge in [-0.3, -0.25) is 0 Å². The van der Waals surface area contributed by atoms with Gasteiger partial charge in [-0.1, -0.05) is 53.3 Å². The summed E-state index contributed by atoms with van der Waals surface area (Å²) in [5.41, 5.74) is 2.22. The first kappa shape index (κ1) is 16.9. The number of thiazole rings is 1. The average molecular weight is 388 g/mol. The molecular weight excluding hydrogens is 374 g/mol. The molecule has 132 valence electrons. The molecule has 2 heterocycles. The Balaban J connectivity index is 1.52. The summed E-state index contributed by atoms with van der Waals surface area (Å²) >= 11 is 6.72. The summed E-state index contributed by atoms with van der Waals surface area (Å²) < 4.78 is 11.8. The third-order valence-electron chi connectivity index (χ3n) is 4.11. The van der Waals surface area contributed by atoms with Gasteiger partial charge >= 0.3 is 5.97 Å². The van der Waals surface area contributed by atoms with Crippen molar-refractivity contribution in [1.82, 2.24) is 4.98 Å². The van der Waals surface area contributed by atoms with Crippen LogP contribution in [0.2, 0.25) is 5.15 Å². The third kappa shape index (κ3) is 3.38. The number of hydrogen-bond acceptors (Lipinski definition) is 5. The summed E-state index contributed by atoms with van der Waals surface area (Å²) in [4.78, 5) is 14.9. The van der Waals surface area contributed by atoms with E-state index in [-0.39, 0.29) is 21.3 Å². The van der Waals surface area contributed by atoms with Gasteiger partial charge in [-0.15, -0.1) is 0 Å². The SMILES string of the molecule is O=C(O)c1sc(Oc2ccc3c(c2)CCC(c2ccccc2)O3)nc1Cl. The Labute approximate surface area is 158 Å². The van der Waals surface area contributed by atoms with Crippen LogP contribution in [-0.4, -0.2) is 16.1 Å². The van der Waals surface area contributed by atoms with E-state index in [1.807, 2.05) is 30.3 Å². The zero-order chi connectivity index (χ0) is 18.1. The van der Waals surface area contributed by atoms with E-state index in [9.17, 15) is 4.79 Å². The van der Waals surface area contributed by atoms with Crippen LogP contribution in [0.5, 0.6) is 16.7 Å². The molecule has 1 aromatic heterocycles. The van der Waals surface area contributed by atoms with Gasteiger partial charge in [0, 0.05) is 0 Å². The van der Waals surface area contributed by atoms with Crippen LogP contribution in [0.25, 0.3) is 0 Å². The van der Waals surface area contributed by atoms with E-state index in [4.69, 9.17) is 26.2 Å². The number of aryl methyl sites for hydroxylation is 1. The number of carboxylic acids is 1. The van der Waals surface area contributed by atoms with E-state index in [0.29, 0.717) is 5.75 Å². The Morgan fingerprint density at radius 2 is 2.08 bits per heavy atom. The second-order valence-electron chi connectivity index (χ2n) is 5.83. The number of rotatable bonds is 4. The maximum absolute atomic E-state index is 11.0. The highest BCUT2D eigenvalue weighted by molar-refractivity contribution is 7.15. The molecule has 1 N–H and O–H groups in total. The van der Waals surface area contributed by atoms with Gasteiger partial charge in [0.1, 0.15) is 17.6 Å². The van der Waals surface area contributed by atoms with Gasteiger partial charge < -0.3 is 14.6 Å². The molecule has 0 fully saturated rings. The van der Waals surface area contributed by atoms with Crippen LogP contribution in [0.3, 0.4) is 0 Å². The Kier molecular flexibility index (Phi) is 4.53. The van der Waals surface area contributed by atoms with Gasteiger partial charge in [-0.05, 0) is 42.2 Å². The zero-order valence-electron chi connectivity index (χ0n) is 13.5. The second kappa shape index (κ2) is 6.97. The van der Waals surface area contributed by atoms with E-state index >= 15 is 0 Å². The first-order valence-electron chi connectivity index (χ1n) is 8.02. The number of halogens is 1. The maximum Gasteiger partial charge on any atom is 0.349 e. The highest BCUT2D eigenvalue weighted by Gasteiger charge is 2.22. The minimum atomic E-state index is -1.12. The van der Waals surface area contributed by atoms with Gasteiger partial charge in [0.25, 0.3) is 5.19 Å². The van der Waals surface area contributed by atoms with Gasteiger partial charge in [-0.25, -0.2) is 4.79 Å². The van der Waals surface area contributed by atoms with Crippen molar-refractivity contribution in [2.45, 2.75) is 18.9 Å². The molecule has 0 bridgehead atoms. The van der Waals surface area contributed by atoms with Crippen molar-refractivity contribution in [2.75, 3.05) is 0 Å². The topological polar surface area (TPSA) is 68.7 Å². The van der Waals surface area contributed by atoms with Crippen molar-refractivity contribution in [3.63, 3.8) is 0 Å². The molecular formula is C19H14ClNO4S. The molecule has 0 aliphatic carbocycles. The van der Waals surface area contributed by atoms with E-state index in [1.54, 1.807) is 6.07 Å². The second-order valence-corrected chi connectivity index (χ2v) is 7.15. The predicted molar refractivity (Wildman–Crippen MR) is 98.7 cm³/mol. The fraction of sp³-hybridized carbons (Fsp3) is 0.158. The standard InChI is InChI=1S/C19H14ClNO4S/c20-17-16(18(22)23)26-19(21-17)24-13-7-9-15-12(10-13)6-8-14(25-15)11-4-2-1-3-5-11/h1-5,7,9-10,14H,6,8H2,(H,22,23). The Bertz CT molecular complexity index is 957. The Morgan fingerprint density at radius 1 is 1.27 bits per heavy atom. The minimum Gasteiger partial charge on any atom is -0.485 e. The van der Waals surface area contributed by atoms with Gasteiger partial charge in [0.15, 0.2) is 10.0 Å². The molecule has 0 radical (unpaired) electrons. The monoisotopic (exact) mass is 387 g/mol. The molecule has 1 aliphatic rings. The predicted octanol–water partition coefficient (Wildman–Crippen LogP) is 5.35. The van der Waals surface area contributed by atoms with Crippen LogP contribution in [-0.2, 0) is 6.42 Å². The van der Waals surface area contributed by atoms with Gasteiger partial charge in [0.2, 0.25) is 0 Å². The number of hydrogen-bond donors (Lipinski definition) is 1. The molecule has 0 saturated carbocycles. The lowest BCUT2D eigenvalue weighted by Crippen LogP contribution is -2.15. The van der Waals surface area contributed by atoms with E-state index in [0.717, 1.165) is 41.1 Å². The number of aromatic nitrogens is 1. The summed E-state index contributed by atoms with van der Waals surface area (Å²) in [6.45, 7) is 0. The number of ether oxygens (including phenoxy) is 2. The molecule has 5 nitrogen and oxygen atoms in total. The number of carbonyl (C=O) groups is 1. The van der Waals surface area contributed by atoms with Crippen molar-refractivity contribution >= 4 is 28.9 Å². The molecule has 0 amide bonds. The number of aromatic carboxylic acids is 1. The first-order valence-corrected chi connectivity index (χ1v) is 9.21. The molecule has 1 unspecified atom stereocenters. The van der Waals surface area contributed by atoms with E-state index in [2.05, 4.69) is 17.1 Å². The van der Waals surface area contributed by atoms with Crippen LogP contribution < -0.4 is 9.47 Å². The first-order chi connectivity index (χ1) is 12.6. The highest BCUT2D eigenvalue weighted by atomic mass is 35.5. The highest BCUT2D eigenvalue weighted by Crippen LogP contribution is 2.38. The summed E-state index contributed by atoms with van der Waals surface area (Å²) in [7, 11) is 0. The van der Waals surface area contributed by atoms with Crippen LogP contribution in [0, 0.1) is 0 Å². The van der Waals surface area contributed by atoms with Crippen molar-refractivity contribution in [3.05, 3.63) is 69.7 Å². The fourth-order valence-electron chi connectivity index (χ4n) is 2.89. The van der Waals surface area contributed by atoms with Crippen molar-refractivity contribution < 1.29 is 19.4 Å². The average Bonchev–Trinajstić information content (AvgIpc) is 3.02. The van der Waals surface area contributed by atoms with Gasteiger partial charge in [-0.2, -0.15) is 4.98 Å². The molecule has 2 aromatic carbocycles. The lowest BCUT2D eigenvalue weighted by atomic mass is 9.97. The van der Waals surface area contributed by atoms with Crippen molar-refractivity contribution in [2.24, 2.45) is 0 Å². The molecule has 3 aromatic rings. The quantitative estimate of drug-likeness (QED) is 0.653. The molecule has 7 heteroatoms. The summed E-state index contributed by atoms with van der Waals surface area (Å²) in [5, 5.41) is 9.17. The summed E-state index contributed by atoms with van der Waals surface area (Å²) in [6, 6.07) is 15.7. The largest absolute Gasteiger partial charge is 0.485 e. The molecule has 4 rings (SSSR count). The number of nitrogens with zero attached hydrogens (tertiary/aromatic N) is 1. The molecule has 0 spiro atoms. The number of benzene rings is 2. The minimum absolute atomic E-state index is 0.0336. The maximum atomic E-state index is 11.0. The van der Waals surface area contributed by atoms with E-state index in [1.165, 1.54) is 0 Å². The molecule has 0 saturated heterocycles. The zero-order valence-corrected chi connectivity index (χ0v) is 15.1. The summed E-state index contributed by atoms with van der Waals surface area (Å²) in [5.74, 6) is 0.293. The van der Waals surface area contributed by atoms with Gasteiger partial charge in [0.05, 0.1) is 0 Å². The van der Waals surface area contributed by atoms with Crippen LogP contribution in [0.4, 0.5) is 0 Å². The fourth-order valence-corrected chi connectivity index (χ4v) is 3.88. The lowest BCUT2D eigenvalue weighted by molar-refractivity contribution is 0.0702. The molecule has 1 aliphatic heterocycles.